The molecule has 1 aromatic rings. The minimum atomic E-state index is -3.70. The van der Waals surface area contributed by atoms with Gasteiger partial charge in [-0.1, -0.05) is 12.1 Å². The van der Waals surface area contributed by atoms with E-state index in [1.807, 2.05) is 7.05 Å². The summed E-state index contributed by atoms with van der Waals surface area (Å²) < 4.78 is 32.8. The third kappa shape index (κ3) is 4.68. The van der Waals surface area contributed by atoms with E-state index < -0.39 is 10.0 Å². The van der Waals surface area contributed by atoms with Gasteiger partial charge in [0.15, 0.2) is 0 Å². The van der Waals surface area contributed by atoms with Crippen LogP contribution in [0.1, 0.15) is 29.6 Å². The smallest absolute Gasteiger partial charge is 0.255 e. The van der Waals surface area contributed by atoms with Crippen LogP contribution in [0.3, 0.4) is 0 Å². The zero-order chi connectivity index (χ0) is 19.3. The Hall–Kier alpha value is -1.48. The quantitative estimate of drug-likeness (QED) is 0.782. The average molecular weight is 396 g/mol. The Morgan fingerprint density at radius 2 is 1.81 bits per heavy atom. The maximum atomic E-state index is 13.1. The van der Waals surface area contributed by atoms with Crippen LogP contribution in [0.4, 0.5) is 0 Å². The van der Waals surface area contributed by atoms with Gasteiger partial charge in [-0.2, -0.15) is 4.31 Å². The standard InChI is InChI=1S/C19H29N3O4S/c1-20-9-6-16-7-10-21(11-8-16)19(23)17-4-2-3-5-18(17)27(24,25)22-12-14-26-15-13-22/h2-5,16,20H,6-15H2,1H3. The van der Waals surface area contributed by atoms with Gasteiger partial charge in [0.1, 0.15) is 0 Å². The van der Waals surface area contributed by atoms with Crippen molar-refractivity contribution in [1.29, 1.82) is 0 Å². The number of morpholine rings is 1. The maximum absolute atomic E-state index is 13.1. The lowest BCUT2D eigenvalue weighted by Gasteiger charge is -2.33. The van der Waals surface area contributed by atoms with E-state index in [4.69, 9.17) is 4.74 Å². The highest BCUT2D eigenvalue weighted by Crippen LogP contribution is 2.25. The lowest BCUT2D eigenvalue weighted by atomic mass is 9.93. The molecule has 7 nitrogen and oxygen atoms in total. The molecule has 0 aromatic heterocycles. The summed E-state index contributed by atoms with van der Waals surface area (Å²) >= 11 is 0. The fraction of sp³-hybridized carbons (Fsp3) is 0.632. The van der Waals surface area contributed by atoms with Crippen molar-refractivity contribution in [3.05, 3.63) is 29.8 Å². The van der Waals surface area contributed by atoms with Crippen LogP contribution < -0.4 is 5.32 Å². The van der Waals surface area contributed by atoms with Crippen molar-refractivity contribution >= 4 is 15.9 Å². The van der Waals surface area contributed by atoms with Gasteiger partial charge >= 0.3 is 0 Å². The van der Waals surface area contributed by atoms with Crippen LogP contribution in [0.25, 0.3) is 0 Å². The average Bonchev–Trinajstić information content (AvgIpc) is 2.72. The van der Waals surface area contributed by atoms with E-state index in [9.17, 15) is 13.2 Å². The number of sulfonamides is 1. The van der Waals surface area contributed by atoms with Crippen LogP contribution in [0.5, 0.6) is 0 Å². The first kappa shape index (κ1) is 20.3. The molecule has 1 N–H and O–H groups in total. The van der Waals surface area contributed by atoms with Gasteiger partial charge in [0.25, 0.3) is 5.91 Å². The molecule has 0 aliphatic carbocycles. The third-order valence-electron chi connectivity index (χ3n) is 5.41. The van der Waals surface area contributed by atoms with Gasteiger partial charge in [0.2, 0.25) is 10.0 Å². The Morgan fingerprint density at radius 1 is 1.15 bits per heavy atom. The van der Waals surface area contributed by atoms with Crippen molar-refractivity contribution in [2.75, 3.05) is 53.0 Å². The number of likely N-dealkylation sites (tertiary alicyclic amines) is 1. The number of amides is 1. The summed E-state index contributed by atoms with van der Waals surface area (Å²) in [4.78, 5) is 15.0. The number of benzene rings is 1. The SMILES string of the molecule is CNCCC1CCN(C(=O)c2ccccc2S(=O)(=O)N2CCOCC2)CC1. The van der Waals surface area contributed by atoms with Crippen LogP contribution >= 0.6 is 0 Å². The topological polar surface area (TPSA) is 79.0 Å². The molecule has 27 heavy (non-hydrogen) atoms. The monoisotopic (exact) mass is 395 g/mol. The van der Waals surface area contributed by atoms with Crippen molar-refractivity contribution in [2.24, 2.45) is 5.92 Å². The molecule has 2 heterocycles. The largest absolute Gasteiger partial charge is 0.379 e. The summed E-state index contributed by atoms with van der Waals surface area (Å²) in [6, 6.07) is 6.57. The van der Waals surface area contributed by atoms with E-state index in [0.717, 1.165) is 25.8 Å². The molecule has 3 rings (SSSR count). The summed E-state index contributed by atoms with van der Waals surface area (Å²) in [5.41, 5.74) is 0.276. The van der Waals surface area contributed by atoms with Gasteiger partial charge in [0, 0.05) is 26.2 Å². The second kappa shape index (κ2) is 9.14. The third-order valence-corrected chi connectivity index (χ3v) is 7.37. The molecule has 2 fully saturated rings. The van der Waals surface area contributed by atoms with Crippen molar-refractivity contribution in [1.82, 2.24) is 14.5 Å². The molecule has 150 valence electrons. The van der Waals surface area contributed by atoms with Crippen LogP contribution in [0.2, 0.25) is 0 Å². The number of hydrogen-bond donors (Lipinski definition) is 1. The molecule has 1 amide bonds. The Kier molecular flexibility index (Phi) is 6.86. The van der Waals surface area contributed by atoms with Crippen LogP contribution in [0, 0.1) is 5.92 Å². The summed E-state index contributed by atoms with van der Waals surface area (Å²) in [5.74, 6) is 0.434. The van der Waals surface area contributed by atoms with Gasteiger partial charge in [-0.25, -0.2) is 8.42 Å². The lowest BCUT2D eigenvalue weighted by Crippen LogP contribution is -2.42. The second-order valence-corrected chi connectivity index (χ2v) is 9.05. The van der Waals surface area contributed by atoms with Crippen LogP contribution in [0.15, 0.2) is 29.2 Å². The van der Waals surface area contributed by atoms with Gasteiger partial charge in [-0.15, -0.1) is 0 Å². The highest BCUT2D eigenvalue weighted by atomic mass is 32.2. The van der Waals surface area contributed by atoms with Crippen LogP contribution in [-0.2, 0) is 14.8 Å². The van der Waals surface area contributed by atoms with E-state index in [-0.39, 0.29) is 16.4 Å². The van der Waals surface area contributed by atoms with E-state index in [1.165, 1.54) is 10.4 Å². The highest BCUT2D eigenvalue weighted by Gasteiger charge is 2.32. The number of carbonyl (C=O) groups is 1. The molecular formula is C19H29N3O4S. The van der Waals surface area contributed by atoms with Gasteiger partial charge < -0.3 is 15.0 Å². The molecule has 0 atom stereocenters. The highest BCUT2D eigenvalue weighted by molar-refractivity contribution is 7.89. The molecular weight excluding hydrogens is 366 g/mol. The summed E-state index contributed by atoms with van der Waals surface area (Å²) in [5, 5.41) is 3.17. The zero-order valence-electron chi connectivity index (χ0n) is 15.9. The first-order chi connectivity index (χ1) is 13.0. The second-order valence-electron chi connectivity index (χ2n) is 7.14. The molecule has 0 spiro atoms. The first-order valence-corrected chi connectivity index (χ1v) is 11.1. The lowest BCUT2D eigenvalue weighted by molar-refractivity contribution is 0.0680. The Labute approximate surface area is 161 Å². The molecule has 8 heteroatoms. The predicted molar refractivity (Wildman–Crippen MR) is 103 cm³/mol. The van der Waals surface area contributed by atoms with Crippen molar-refractivity contribution in [3.8, 4) is 0 Å². The van der Waals surface area contributed by atoms with Gasteiger partial charge in [0.05, 0.1) is 23.7 Å². The van der Waals surface area contributed by atoms with Crippen molar-refractivity contribution < 1.29 is 17.9 Å². The van der Waals surface area contributed by atoms with Crippen molar-refractivity contribution in [3.63, 3.8) is 0 Å². The molecule has 2 aliphatic rings. The number of rotatable bonds is 6. The van der Waals surface area contributed by atoms with E-state index in [1.54, 1.807) is 23.1 Å². The Morgan fingerprint density at radius 3 is 2.48 bits per heavy atom. The number of hydrogen-bond acceptors (Lipinski definition) is 5. The number of ether oxygens (including phenoxy) is 1. The Balaban J connectivity index is 1.75. The molecule has 2 aliphatic heterocycles. The van der Waals surface area contributed by atoms with Crippen molar-refractivity contribution in [2.45, 2.75) is 24.2 Å². The molecule has 0 bridgehead atoms. The van der Waals surface area contributed by atoms with E-state index >= 15 is 0 Å². The summed E-state index contributed by atoms with van der Waals surface area (Å²) in [7, 11) is -1.75. The van der Waals surface area contributed by atoms with Crippen LogP contribution in [-0.4, -0.2) is 76.5 Å². The fourth-order valence-corrected chi connectivity index (χ4v) is 5.33. The molecule has 0 unspecified atom stereocenters. The number of nitrogens with one attached hydrogen (secondary N) is 1. The minimum absolute atomic E-state index is 0.106. The predicted octanol–water partition coefficient (Wildman–Crippen LogP) is 1.17. The Bertz CT molecular complexity index is 739. The van der Waals surface area contributed by atoms with E-state index in [0.29, 0.717) is 45.3 Å². The number of nitrogens with zero attached hydrogens (tertiary/aromatic N) is 2. The zero-order valence-corrected chi connectivity index (χ0v) is 16.7. The first-order valence-electron chi connectivity index (χ1n) is 9.65. The molecule has 0 radical (unpaired) electrons. The summed E-state index contributed by atoms with van der Waals surface area (Å²) in [6.45, 7) is 3.76. The normalized spacial score (nSPS) is 20.0. The number of carbonyl (C=O) groups excluding carboxylic acids is 1. The fourth-order valence-electron chi connectivity index (χ4n) is 3.74. The van der Waals surface area contributed by atoms with Gasteiger partial charge in [-0.05, 0) is 50.9 Å². The molecule has 0 saturated carbocycles. The number of piperidine rings is 1. The maximum Gasteiger partial charge on any atom is 0.255 e. The summed E-state index contributed by atoms with van der Waals surface area (Å²) in [6.07, 6.45) is 3.04. The van der Waals surface area contributed by atoms with E-state index in [2.05, 4.69) is 5.32 Å². The molecule has 2 saturated heterocycles. The molecule has 1 aromatic carbocycles. The minimum Gasteiger partial charge on any atom is -0.379 e. The van der Waals surface area contributed by atoms with Gasteiger partial charge in [-0.3, -0.25) is 4.79 Å².